The van der Waals surface area contributed by atoms with Gasteiger partial charge in [-0.3, -0.25) is 0 Å². The predicted octanol–water partition coefficient (Wildman–Crippen LogP) is 6.02. The van der Waals surface area contributed by atoms with Crippen molar-refractivity contribution in [3.63, 3.8) is 0 Å². The van der Waals surface area contributed by atoms with E-state index in [1.807, 2.05) is 0 Å². The largest absolute Gasteiger partial charge is 0.464 e. The second kappa shape index (κ2) is 7.27. The van der Waals surface area contributed by atoms with Gasteiger partial charge in [0.1, 0.15) is 0 Å². The maximum absolute atomic E-state index is 12.3. The van der Waals surface area contributed by atoms with Crippen molar-refractivity contribution in [2.45, 2.75) is 0 Å². The van der Waals surface area contributed by atoms with Crippen LogP contribution < -0.4 is 10.2 Å². The van der Waals surface area contributed by atoms with Crippen LogP contribution >= 0.6 is 46.4 Å². The van der Waals surface area contributed by atoms with E-state index in [2.05, 4.69) is 5.32 Å². The van der Waals surface area contributed by atoms with E-state index in [0.29, 0.717) is 14.9 Å². The highest BCUT2D eigenvalue weighted by atomic mass is 35.5. The molecule has 0 unspecified atom stereocenters. The normalized spacial score (nSPS) is 10.3. The van der Waals surface area contributed by atoms with Crippen molar-refractivity contribution in [1.29, 1.82) is 0 Å². The van der Waals surface area contributed by atoms with Gasteiger partial charge >= 0.3 is 12.1 Å². The smallest absolute Gasteiger partial charge is 0.420 e. The molecule has 0 spiro atoms. The molecule has 0 saturated heterocycles. The Morgan fingerprint density at radius 1 is 0.826 bits per heavy atom. The van der Waals surface area contributed by atoms with Crippen LogP contribution in [0.1, 0.15) is 0 Å². The third-order valence-corrected chi connectivity index (χ3v) is 3.49. The molecular weight excluding hydrogens is 386 g/mol. The molecule has 0 aliphatic heterocycles. The number of hydrogen-bond acceptors (Lipinski definition) is 2. The van der Waals surface area contributed by atoms with Crippen LogP contribution in [0.4, 0.5) is 21.0 Å². The number of anilines is 2. The van der Waals surface area contributed by atoms with E-state index >= 15 is 0 Å². The van der Waals surface area contributed by atoms with Crippen molar-refractivity contribution < 1.29 is 14.7 Å². The summed E-state index contributed by atoms with van der Waals surface area (Å²) in [6, 6.07) is 7.41. The Bertz CT molecular complexity index is 742. The monoisotopic (exact) mass is 392 g/mol. The van der Waals surface area contributed by atoms with Gasteiger partial charge in [-0.25, -0.2) is 9.59 Å². The van der Waals surface area contributed by atoms with Gasteiger partial charge < -0.3 is 10.4 Å². The minimum absolute atomic E-state index is 0.000579. The molecule has 0 aliphatic rings. The lowest BCUT2D eigenvalue weighted by atomic mass is 10.3. The highest BCUT2D eigenvalue weighted by Crippen LogP contribution is 2.27. The summed E-state index contributed by atoms with van der Waals surface area (Å²) >= 11 is 23.3. The van der Waals surface area contributed by atoms with Gasteiger partial charge in [-0.2, -0.15) is 4.90 Å². The number of halogens is 4. The molecule has 120 valence electrons. The molecule has 9 heteroatoms. The molecule has 23 heavy (non-hydrogen) atoms. The highest BCUT2D eigenvalue weighted by Gasteiger charge is 2.24. The van der Waals surface area contributed by atoms with Gasteiger partial charge in [-0.05, 0) is 36.4 Å². The molecule has 2 N–H and O–H groups in total. The number of hydrogen-bond donors (Lipinski definition) is 2. The molecule has 0 atom stereocenters. The van der Waals surface area contributed by atoms with Gasteiger partial charge in [-0.15, -0.1) is 0 Å². The van der Waals surface area contributed by atoms with Crippen LogP contribution in [-0.4, -0.2) is 17.2 Å². The minimum atomic E-state index is -1.51. The van der Waals surface area contributed by atoms with E-state index in [-0.39, 0.29) is 21.4 Å². The van der Waals surface area contributed by atoms with Gasteiger partial charge in [0.2, 0.25) is 0 Å². The van der Waals surface area contributed by atoms with E-state index in [4.69, 9.17) is 46.4 Å². The molecule has 0 aromatic heterocycles. The Labute approximate surface area is 151 Å². The quantitative estimate of drug-likeness (QED) is 0.655. The Morgan fingerprint density at radius 2 is 1.26 bits per heavy atom. The van der Waals surface area contributed by atoms with Crippen molar-refractivity contribution in [3.05, 3.63) is 56.5 Å². The third kappa shape index (κ3) is 4.65. The number of urea groups is 1. The molecule has 0 radical (unpaired) electrons. The first-order valence-corrected chi connectivity index (χ1v) is 7.53. The predicted molar refractivity (Wildman–Crippen MR) is 92.4 cm³/mol. The van der Waals surface area contributed by atoms with Crippen molar-refractivity contribution >= 4 is 69.9 Å². The lowest BCUT2D eigenvalue weighted by Crippen LogP contribution is -2.39. The summed E-state index contributed by atoms with van der Waals surface area (Å²) in [6.45, 7) is 0. The second-order valence-corrected chi connectivity index (χ2v) is 6.08. The number of imide groups is 1. The summed E-state index contributed by atoms with van der Waals surface area (Å²) in [4.78, 5) is 24.1. The maximum atomic E-state index is 12.3. The number of carbonyl (C=O) groups excluding carboxylic acids is 1. The first kappa shape index (κ1) is 17.7. The molecule has 0 bridgehead atoms. The molecule has 2 aromatic rings. The van der Waals surface area contributed by atoms with E-state index in [1.54, 1.807) is 0 Å². The zero-order valence-corrected chi connectivity index (χ0v) is 14.2. The SMILES string of the molecule is O=C(O)N(C(=O)Nc1cc(Cl)cc(Cl)c1)c1cc(Cl)cc(Cl)c1. The lowest BCUT2D eigenvalue weighted by Gasteiger charge is -2.19. The average Bonchev–Trinajstić information content (AvgIpc) is 2.35. The van der Waals surface area contributed by atoms with Gasteiger partial charge in [0.05, 0.1) is 5.69 Å². The molecule has 3 amide bonds. The molecule has 0 heterocycles. The molecule has 5 nitrogen and oxygen atoms in total. The van der Waals surface area contributed by atoms with E-state index in [1.165, 1.54) is 36.4 Å². The van der Waals surface area contributed by atoms with Crippen molar-refractivity contribution in [3.8, 4) is 0 Å². The fourth-order valence-corrected chi connectivity index (χ4v) is 2.83. The average molecular weight is 394 g/mol. The summed E-state index contributed by atoms with van der Waals surface area (Å²) < 4.78 is 0. The molecule has 2 aromatic carbocycles. The summed E-state index contributed by atoms with van der Waals surface area (Å²) in [6.07, 6.45) is -1.51. The minimum Gasteiger partial charge on any atom is -0.464 e. The maximum Gasteiger partial charge on any atom is 0.420 e. The fraction of sp³-hybridized carbons (Fsp3) is 0. The number of benzene rings is 2. The second-order valence-electron chi connectivity index (χ2n) is 4.33. The first-order valence-electron chi connectivity index (χ1n) is 6.02. The van der Waals surface area contributed by atoms with Crippen LogP contribution in [0.2, 0.25) is 20.1 Å². The summed E-state index contributed by atoms with van der Waals surface area (Å²) in [5, 5.41) is 12.7. The topological polar surface area (TPSA) is 69.6 Å². The number of nitrogens with zero attached hydrogens (tertiary/aromatic N) is 1. The summed E-state index contributed by atoms with van der Waals surface area (Å²) in [5.74, 6) is 0. The van der Waals surface area contributed by atoms with Crippen LogP contribution in [0.25, 0.3) is 0 Å². The molecule has 0 aliphatic carbocycles. The summed E-state index contributed by atoms with van der Waals surface area (Å²) in [5.41, 5.74) is 0.243. The number of nitrogens with one attached hydrogen (secondary N) is 1. The van der Waals surface area contributed by atoms with E-state index in [9.17, 15) is 14.7 Å². The Morgan fingerprint density at radius 3 is 1.70 bits per heavy atom. The van der Waals surface area contributed by atoms with Gasteiger partial charge in [-0.1, -0.05) is 46.4 Å². The van der Waals surface area contributed by atoms with Gasteiger partial charge in [0, 0.05) is 25.8 Å². The first-order chi connectivity index (χ1) is 10.8. The number of carboxylic acid groups (broad SMARTS) is 1. The molecular formula is C14H8Cl4N2O3. The summed E-state index contributed by atoms with van der Waals surface area (Å²) in [7, 11) is 0. The van der Waals surface area contributed by atoms with Crippen LogP contribution in [0.15, 0.2) is 36.4 Å². The molecule has 2 rings (SSSR count). The Balaban J connectivity index is 2.33. The standard InChI is InChI=1S/C14H8Cl4N2O3/c15-7-1-8(16)4-11(3-7)19-13(21)20(14(22)23)12-5-9(17)2-10(18)6-12/h1-6H,(H,19,21)(H,22,23). The van der Waals surface area contributed by atoms with Crippen molar-refractivity contribution in [2.24, 2.45) is 0 Å². The fourth-order valence-electron chi connectivity index (χ4n) is 1.79. The molecule has 0 saturated carbocycles. The molecule has 0 fully saturated rings. The Hall–Kier alpha value is -1.66. The van der Waals surface area contributed by atoms with Crippen LogP contribution in [-0.2, 0) is 0 Å². The van der Waals surface area contributed by atoms with E-state index in [0.717, 1.165) is 0 Å². The lowest BCUT2D eigenvalue weighted by molar-refractivity contribution is 0.201. The van der Waals surface area contributed by atoms with Gasteiger partial charge in [0.15, 0.2) is 0 Å². The Kier molecular flexibility index (Phi) is 5.59. The zero-order valence-electron chi connectivity index (χ0n) is 11.2. The van der Waals surface area contributed by atoms with Crippen molar-refractivity contribution in [2.75, 3.05) is 10.2 Å². The van der Waals surface area contributed by atoms with Crippen LogP contribution in [0.5, 0.6) is 0 Å². The highest BCUT2D eigenvalue weighted by molar-refractivity contribution is 6.36. The van der Waals surface area contributed by atoms with Crippen LogP contribution in [0.3, 0.4) is 0 Å². The van der Waals surface area contributed by atoms with Crippen LogP contribution in [0, 0.1) is 0 Å². The van der Waals surface area contributed by atoms with Gasteiger partial charge in [0.25, 0.3) is 0 Å². The zero-order chi connectivity index (χ0) is 17.1. The number of carbonyl (C=O) groups is 2. The number of rotatable bonds is 2. The number of amides is 3. The van der Waals surface area contributed by atoms with E-state index < -0.39 is 12.1 Å². The third-order valence-electron chi connectivity index (χ3n) is 2.61. The van der Waals surface area contributed by atoms with Crippen molar-refractivity contribution in [1.82, 2.24) is 0 Å².